The molecule has 2 rings (SSSR count). The molecule has 0 radical (unpaired) electrons. The van der Waals surface area contributed by atoms with Crippen molar-refractivity contribution in [2.24, 2.45) is 11.0 Å². The van der Waals surface area contributed by atoms with Gasteiger partial charge < -0.3 is 9.47 Å². The number of unbranched alkanes of at least 4 members (excludes halogenated alkanes) is 1. The van der Waals surface area contributed by atoms with E-state index >= 15 is 0 Å². The Kier molecular flexibility index (Phi) is 7.59. The largest absolute Gasteiger partial charge is 0.494 e. The van der Waals surface area contributed by atoms with E-state index in [0.717, 1.165) is 62.5 Å². The first-order valence-corrected chi connectivity index (χ1v) is 8.87. The maximum absolute atomic E-state index is 11.8. The lowest BCUT2D eigenvalue weighted by Crippen LogP contribution is -2.26. The molecule has 0 atom stereocenters. The Morgan fingerprint density at radius 2 is 1.79 bits per heavy atom. The summed E-state index contributed by atoms with van der Waals surface area (Å²) in [5.74, 6) is 1.99. The van der Waals surface area contributed by atoms with Crippen molar-refractivity contribution in [2.45, 2.75) is 52.4 Å². The number of ether oxygens (including phenoxy) is 2. The molecule has 0 spiro atoms. The number of hydrazone groups is 1. The summed E-state index contributed by atoms with van der Waals surface area (Å²) in [4.78, 5) is 11.8. The van der Waals surface area contributed by atoms with Gasteiger partial charge in [-0.15, -0.1) is 0 Å². The second-order valence-corrected chi connectivity index (χ2v) is 6.36. The lowest BCUT2D eigenvalue weighted by atomic mass is 9.90. The van der Waals surface area contributed by atoms with Gasteiger partial charge in [-0.25, -0.2) is 5.43 Å². The SMILES string of the molecule is CCCCOc1ccc(OCC(=O)NN=C2CCC(C)CC2)cc1. The van der Waals surface area contributed by atoms with E-state index in [1.165, 1.54) is 0 Å². The summed E-state index contributed by atoms with van der Waals surface area (Å²) >= 11 is 0. The molecule has 1 N–H and O–H groups in total. The quantitative estimate of drug-likeness (QED) is 0.579. The van der Waals surface area contributed by atoms with Gasteiger partial charge in [0.1, 0.15) is 11.5 Å². The van der Waals surface area contributed by atoms with E-state index in [1.54, 1.807) is 0 Å². The molecule has 5 heteroatoms. The summed E-state index contributed by atoms with van der Waals surface area (Å²) in [5, 5.41) is 4.20. The molecule has 1 fully saturated rings. The Morgan fingerprint density at radius 3 is 2.42 bits per heavy atom. The molecular weight excluding hydrogens is 304 g/mol. The number of benzene rings is 1. The zero-order chi connectivity index (χ0) is 17.2. The van der Waals surface area contributed by atoms with Gasteiger partial charge in [0.25, 0.3) is 5.91 Å². The summed E-state index contributed by atoms with van der Waals surface area (Å²) in [7, 11) is 0. The van der Waals surface area contributed by atoms with Crippen LogP contribution in [-0.2, 0) is 4.79 Å². The second kappa shape index (κ2) is 9.96. The number of amides is 1. The van der Waals surface area contributed by atoms with Crippen LogP contribution in [0.2, 0.25) is 0 Å². The monoisotopic (exact) mass is 332 g/mol. The first kappa shape index (κ1) is 18.3. The Labute approximate surface area is 144 Å². The van der Waals surface area contributed by atoms with Crippen LogP contribution in [0, 0.1) is 5.92 Å². The number of hydrogen-bond donors (Lipinski definition) is 1. The minimum atomic E-state index is -0.232. The van der Waals surface area contributed by atoms with Crippen molar-refractivity contribution in [2.75, 3.05) is 13.2 Å². The highest BCUT2D eigenvalue weighted by Crippen LogP contribution is 2.21. The number of carbonyl (C=O) groups is 1. The van der Waals surface area contributed by atoms with Crippen LogP contribution in [0.1, 0.15) is 52.4 Å². The molecule has 1 aromatic carbocycles. The van der Waals surface area contributed by atoms with Crippen LogP contribution in [0.5, 0.6) is 11.5 Å². The van der Waals surface area contributed by atoms with Crippen molar-refractivity contribution in [3.63, 3.8) is 0 Å². The molecule has 0 saturated heterocycles. The number of carbonyl (C=O) groups excluding carboxylic acids is 1. The van der Waals surface area contributed by atoms with Crippen molar-refractivity contribution in [3.05, 3.63) is 24.3 Å². The van der Waals surface area contributed by atoms with Gasteiger partial charge in [-0.1, -0.05) is 20.3 Å². The predicted molar refractivity (Wildman–Crippen MR) is 95.5 cm³/mol. The van der Waals surface area contributed by atoms with Crippen molar-refractivity contribution in [3.8, 4) is 11.5 Å². The molecule has 132 valence electrons. The maximum Gasteiger partial charge on any atom is 0.277 e. The summed E-state index contributed by atoms with van der Waals surface area (Å²) in [6.07, 6.45) is 6.40. The maximum atomic E-state index is 11.8. The van der Waals surface area contributed by atoms with E-state index in [2.05, 4.69) is 24.4 Å². The van der Waals surface area contributed by atoms with Gasteiger partial charge in [0, 0.05) is 5.71 Å². The van der Waals surface area contributed by atoms with Crippen LogP contribution in [-0.4, -0.2) is 24.8 Å². The normalized spacial score (nSPS) is 17.2. The fourth-order valence-corrected chi connectivity index (χ4v) is 2.50. The van der Waals surface area contributed by atoms with Gasteiger partial charge in [-0.05, 0) is 62.3 Å². The van der Waals surface area contributed by atoms with Gasteiger partial charge in [0.05, 0.1) is 6.61 Å². The van der Waals surface area contributed by atoms with Gasteiger partial charge in [-0.3, -0.25) is 4.79 Å². The predicted octanol–water partition coefficient (Wildman–Crippen LogP) is 3.93. The Morgan fingerprint density at radius 1 is 1.17 bits per heavy atom. The number of hydrogen-bond acceptors (Lipinski definition) is 4. The van der Waals surface area contributed by atoms with E-state index in [1.807, 2.05) is 24.3 Å². The smallest absolute Gasteiger partial charge is 0.277 e. The molecule has 0 aliphatic heterocycles. The average Bonchev–Trinajstić information content (AvgIpc) is 2.61. The number of rotatable bonds is 8. The Hall–Kier alpha value is -2.04. The van der Waals surface area contributed by atoms with Crippen molar-refractivity contribution >= 4 is 11.6 Å². The molecule has 5 nitrogen and oxygen atoms in total. The lowest BCUT2D eigenvalue weighted by molar-refractivity contribution is -0.123. The van der Waals surface area contributed by atoms with Crippen molar-refractivity contribution in [1.82, 2.24) is 5.43 Å². The summed E-state index contributed by atoms with van der Waals surface area (Å²) < 4.78 is 11.1. The molecule has 0 bridgehead atoms. The molecule has 0 heterocycles. The van der Waals surface area contributed by atoms with Crippen LogP contribution in [0.25, 0.3) is 0 Å². The second-order valence-electron chi connectivity index (χ2n) is 6.36. The van der Waals surface area contributed by atoms with Gasteiger partial charge >= 0.3 is 0 Å². The average molecular weight is 332 g/mol. The standard InChI is InChI=1S/C19H28N2O3/c1-3-4-13-23-17-9-11-18(12-10-17)24-14-19(22)21-20-16-7-5-15(2)6-8-16/h9-12,15H,3-8,13-14H2,1-2H3,(H,21,22). The third-order valence-corrected chi connectivity index (χ3v) is 4.15. The minimum absolute atomic E-state index is 0.0385. The highest BCUT2D eigenvalue weighted by molar-refractivity contribution is 5.87. The minimum Gasteiger partial charge on any atom is -0.494 e. The molecular formula is C19H28N2O3. The first-order chi connectivity index (χ1) is 11.7. The number of nitrogens with one attached hydrogen (secondary N) is 1. The summed E-state index contributed by atoms with van der Waals surface area (Å²) in [5.41, 5.74) is 3.66. The molecule has 24 heavy (non-hydrogen) atoms. The zero-order valence-corrected chi connectivity index (χ0v) is 14.7. The molecule has 1 saturated carbocycles. The van der Waals surface area contributed by atoms with Crippen molar-refractivity contribution in [1.29, 1.82) is 0 Å². The van der Waals surface area contributed by atoms with Crippen LogP contribution in [0.15, 0.2) is 29.4 Å². The highest BCUT2D eigenvalue weighted by Gasteiger charge is 2.13. The first-order valence-electron chi connectivity index (χ1n) is 8.87. The molecule has 0 aromatic heterocycles. The number of nitrogens with zero attached hydrogens (tertiary/aromatic N) is 1. The summed E-state index contributed by atoms with van der Waals surface area (Å²) in [6, 6.07) is 7.32. The lowest BCUT2D eigenvalue weighted by Gasteiger charge is -2.18. The van der Waals surface area contributed by atoms with E-state index in [4.69, 9.17) is 9.47 Å². The van der Waals surface area contributed by atoms with Crippen LogP contribution in [0.4, 0.5) is 0 Å². The third kappa shape index (κ3) is 6.60. The zero-order valence-electron chi connectivity index (χ0n) is 14.7. The van der Waals surface area contributed by atoms with E-state index in [9.17, 15) is 4.79 Å². The van der Waals surface area contributed by atoms with Crippen LogP contribution in [0.3, 0.4) is 0 Å². The van der Waals surface area contributed by atoms with Crippen LogP contribution < -0.4 is 14.9 Å². The third-order valence-electron chi connectivity index (χ3n) is 4.15. The molecule has 1 aliphatic rings. The van der Waals surface area contributed by atoms with Gasteiger partial charge in [0.2, 0.25) is 0 Å². The van der Waals surface area contributed by atoms with E-state index in [-0.39, 0.29) is 12.5 Å². The van der Waals surface area contributed by atoms with Gasteiger partial charge in [-0.2, -0.15) is 5.10 Å². The fourth-order valence-electron chi connectivity index (χ4n) is 2.50. The van der Waals surface area contributed by atoms with Crippen LogP contribution >= 0.6 is 0 Å². The molecule has 1 amide bonds. The Bertz CT molecular complexity index is 530. The molecule has 1 aromatic rings. The van der Waals surface area contributed by atoms with Crippen molar-refractivity contribution < 1.29 is 14.3 Å². The molecule has 1 aliphatic carbocycles. The molecule has 0 unspecified atom stereocenters. The Balaban J connectivity index is 1.68. The van der Waals surface area contributed by atoms with E-state index < -0.39 is 0 Å². The van der Waals surface area contributed by atoms with Gasteiger partial charge in [0.15, 0.2) is 6.61 Å². The fraction of sp³-hybridized carbons (Fsp3) is 0.579. The highest BCUT2D eigenvalue weighted by atomic mass is 16.5. The summed E-state index contributed by atoms with van der Waals surface area (Å²) in [6.45, 7) is 5.07. The topological polar surface area (TPSA) is 59.9 Å². The van der Waals surface area contributed by atoms with E-state index in [0.29, 0.717) is 5.75 Å².